The van der Waals surface area contributed by atoms with Crippen LogP contribution in [0.15, 0.2) is 23.2 Å². The minimum Gasteiger partial charge on any atom is -0.497 e. The number of methoxy groups -OCH3 is 2. The first-order valence-corrected chi connectivity index (χ1v) is 11.1. The Hall–Kier alpha value is -1.99. The second-order valence-corrected chi connectivity index (χ2v) is 7.85. The van der Waals surface area contributed by atoms with Crippen LogP contribution in [-0.2, 0) is 4.74 Å². The summed E-state index contributed by atoms with van der Waals surface area (Å²) < 4.78 is 16.3. The topological polar surface area (TPSA) is 84.3 Å². The zero-order valence-electron chi connectivity index (χ0n) is 19.0. The molecule has 1 aliphatic carbocycles. The Bertz CT molecular complexity index is 660. The number of guanidine groups is 1. The average molecular weight is 422 g/mol. The number of benzene rings is 1. The molecular formula is C23H39N3O4. The molecule has 1 aromatic rings. The second-order valence-electron chi connectivity index (χ2n) is 7.85. The number of aliphatic hydroxyl groups excluding tert-OH is 1. The van der Waals surface area contributed by atoms with Crippen LogP contribution in [0.25, 0.3) is 0 Å². The first kappa shape index (κ1) is 24.3. The Morgan fingerprint density at radius 3 is 2.57 bits per heavy atom. The molecule has 0 bridgehead atoms. The highest BCUT2D eigenvalue weighted by molar-refractivity contribution is 5.79. The number of nitrogens with one attached hydrogen (secondary N) is 2. The fraction of sp³-hybridized carbons (Fsp3) is 0.696. The number of rotatable bonds is 12. The number of hydrogen-bond acceptors (Lipinski definition) is 5. The molecule has 0 spiro atoms. The summed E-state index contributed by atoms with van der Waals surface area (Å²) in [5, 5.41) is 17.3. The van der Waals surface area contributed by atoms with Crippen LogP contribution < -0.4 is 20.1 Å². The van der Waals surface area contributed by atoms with Gasteiger partial charge in [0.15, 0.2) is 5.96 Å². The molecule has 1 atom stereocenters. The Morgan fingerprint density at radius 2 is 1.93 bits per heavy atom. The molecule has 0 heterocycles. The van der Waals surface area contributed by atoms with E-state index in [0.29, 0.717) is 23.6 Å². The van der Waals surface area contributed by atoms with Gasteiger partial charge in [0.25, 0.3) is 0 Å². The molecule has 7 heteroatoms. The minimum atomic E-state index is -0.752. The molecule has 170 valence electrons. The predicted molar refractivity (Wildman–Crippen MR) is 120 cm³/mol. The SMILES string of the molecule is CCNC(=NCC1(CCOCC)CCCC1)NCC(O)c1cc(OC)ccc1OC. The van der Waals surface area contributed by atoms with Crippen molar-refractivity contribution in [3.63, 3.8) is 0 Å². The van der Waals surface area contributed by atoms with Crippen molar-refractivity contribution in [2.24, 2.45) is 10.4 Å². The Labute approximate surface area is 181 Å². The number of hydrogen-bond donors (Lipinski definition) is 3. The molecular weight excluding hydrogens is 382 g/mol. The van der Waals surface area contributed by atoms with E-state index in [4.69, 9.17) is 19.2 Å². The number of aliphatic imine (C=N–C) groups is 1. The van der Waals surface area contributed by atoms with Gasteiger partial charge in [-0.15, -0.1) is 0 Å². The van der Waals surface area contributed by atoms with Crippen molar-refractivity contribution in [2.45, 2.75) is 52.1 Å². The maximum Gasteiger partial charge on any atom is 0.191 e. The van der Waals surface area contributed by atoms with Crippen LogP contribution >= 0.6 is 0 Å². The summed E-state index contributed by atoms with van der Waals surface area (Å²) in [6.45, 7) is 7.49. The monoisotopic (exact) mass is 421 g/mol. The highest BCUT2D eigenvalue weighted by Gasteiger charge is 2.33. The van der Waals surface area contributed by atoms with Gasteiger partial charge >= 0.3 is 0 Å². The van der Waals surface area contributed by atoms with Gasteiger partial charge in [-0.05, 0) is 56.7 Å². The third kappa shape index (κ3) is 7.06. The van der Waals surface area contributed by atoms with Gasteiger partial charge in [0.2, 0.25) is 0 Å². The van der Waals surface area contributed by atoms with Crippen LogP contribution in [0, 0.1) is 5.41 Å². The van der Waals surface area contributed by atoms with E-state index in [0.717, 1.165) is 38.7 Å². The van der Waals surface area contributed by atoms with Crippen molar-refractivity contribution in [3.05, 3.63) is 23.8 Å². The molecule has 0 amide bonds. The molecule has 0 aliphatic heterocycles. The van der Waals surface area contributed by atoms with Crippen molar-refractivity contribution in [1.82, 2.24) is 10.6 Å². The van der Waals surface area contributed by atoms with Crippen molar-refractivity contribution in [2.75, 3.05) is 47.1 Å². The summed E-state index contributed by atoms with van der Waals surface area (Å²) in [7, 11) is 3.21. The second kappa shape index (κ2) is 12.6. The highest BCUT2D eigenvalue weighted by Crippen LogP contribution is 2.41. The zero-order chi connectivity index (χ0) is 21.8. The van der Waals surface area contributed by atoms with Gasteiger partial charge in [-0.3, -0.25) is 4.99 Å². The lowest BCUT2D eigenvalue weighted by atomic mass is 9.83. The Balaban J connectivity index is 2.02. The Kier molecular flexibility index (Phi) is 10.2. The van der Waals surface area contributed by atoms with Gasteiger partial charge in [-0.25, -0.2) is 0 Å². The predicted octanol–water partition coefficient (Wildman–Crippen LogP) is 3.28. The van der Waals surface area contributed by atoms with Gasteiger partial charge in [0.1, 0.15) is 11.5 Å². The smallest absolute Gasteiger partial charge is 0.191 e. The lowest BCUT2D eigenvalue weighted by Crippen LogP contribution is -2.40. The van der Waals surface area contributed by atoms with Crippen molar-refractivity contribution in [3.8, 4) is 11.5 Å². The van der Waals surface area contributed by atoms with Crippen molar-refractivity contribution < 1.29 is 19.3 Å². The quantitative estimate of drug-likeness (QED) is 0.273. The first-order valence-electron chi connectivity index (χ1n) is 11.1. The molecule has 0 saturated heterocycles. The minimum absolute atomic E-state index is 0.228. The number of ether oxygens (including phenoxy) is 3. The third-order valence-corrected chi connectivity index (χ3v) is 5.82. The first-order chi connectivity index (χ1) is 14.6. The summed E-state index contributed by atoms with van der Waals surface area (Å²) in [5.74, 6) is 2.04. The summed E-state index contributed by atoms with van der Waals surface area (Å²) in [6.07, 6.45) is 5.23. The van der Waals surface area contributed by atoms with E-state index in [9.17, 15) is 5.11 Å². The summed E-state index contributed by atoms with van der Waals surface area (Å²) in [5.41, 5.74) is 0.913. The molecule has 0 aromatic heterocycles. The van der Waals surface area contributed by atoms with Crippen LogP contribution in [0.3, 0.4) is 0 Å². The fourth-order valence-corrected chi connectivity index (χ4v) is 4.04. The van der Waals surface area contributed by atoms with Crippen LogP contribution in [0.4, 0.5) is 0 Å². The van der Waals surface area contributed by atoms with Crippen LogP contribution in [0.2, 0.25) is 0 Å². The maximum absolute atomic E-state index is 10.7. The van der Waals surface area contributed by atoms with Gasteiger partial charge in [0.05, 0.1) is 20.3 Å². The third-order valence-electron chi connectivity index (χ3n) is 5.82. The van der Waals surface area contributed by atoms with E-state index >= 15 is 0 Å². The summed E-state index contributed by atoms with van der Waals surface area (Å²) in [4.78, 5) is 4.86. The molecule has 7 nitrogen and oxygen atoms in total. The molecule has 1 aromatic carbocycles. The molecule has 2 rings (SSSR count). The van der Waals surface area contributed by atoms with Gasteiger partial charge < -0.3 is 30.0 Å². The summed E-state index contributed by atoms with van der Waals surface area (Å²) in [6, 6.07) is 5.42. The van der Waals surface area contributed by atoms with E-state index in [1.54, 1.807) is 26.4 Å². The average Bonchev–Trinajstić information content (AvgIpc) is 3.24. The molecule has 0 radical (unpaired) electrons. The van der Waals surface area contributed by atoms with Gasteiger partial charge in [-0.2, -0.15) is 0 Å². The van der Waals surface area contributed by atoms with E-state index in [1.807, 2.05) is 19.9 Å². The van der Waals surface area contributed by atoms with Crippen molar-refractivity contribution >= 4 is 5.96 Å². The van der Waals surface area contributed by atoms with Gasteiger partial charge in [0, 0.05) is 38.4 Å². The van der Waals surface area contributed by atoms with E-state index < -0.39 is 6.10 Å². The van der Waals surface area contributed by atoms with E-state index in [-0.39, 0.29) is 5.41 Å². The maximum atomic E-state index is 10.7. The standard InChI is InChI=1S/C23H39N3O4/c1-5-24-22(26-17-23(11-7-8-12-23)13-14-30-6-2)25-16-20(27)19-15-18(28-3)9-10-21(19)29-4/h9-10,15,20,27H,5-8,11-14,16-17H2,1-4H3,(H2,24,25,26). The van der Waals surface area contributed by atoms with Crippen LogP contribution in [-0.4, -0.2) is 58.1 Å². The molecule has 1 aliphatic rings. The summed E-state index contributed by atoms with van der Waals surface area (Å²) >= 11 is 0. The van der Waals surface area contributed by atoms with E-state index in [1.165, 1.54) is 25.7 Å². The normalized spacial score (nSPS) is 16.9. The molecule has 3 N–H and O–H groups in total. The lowest BCUT2D eigenvalue weighted by molar-refractivity contribution is 0.107. The molecule has 1 saturated carbocycles. The lowest BCUT2D eigenvalue weighted by Gasteiger charge is -2.27. The number of nitrogens with zero attached hydrogens (tertiary/aromatic N) is 1. The van der Waals surface area contributed by atoms with E-state index in [2.05, 4.69) is 10.6 Å². The fourth-order valence-electron chi connectivity index (χ4n) is 4.04. The molecule has 1 unspecified atom stereocenters. The largest absolute Gasteiger partial charge is 0.497 e. The highest BCUT2D eigenvalue weighted by atomic mass is 16.5. The van der Waals surface area contributed by atoms with Crippen LogP contribution in [0.1, 0.15) is 57.6 Å². The van der Waals surface area contributed by atoms with Gasteiger partial charge in [-0.1, -0.05) is 12.8 Å². The number of aliphatic hydroxyl groups is 1. The Morgan fingerprint density at radius 1 is 1.17 bits per heavy atom. The molecule has 30 heavy (non-hydrogen) atoms. The molecule has 1 fully saturated rings. The van der Waals surface area contributed by atoms with Crippen molar-refractivity contribution in [1.29, 1.82) is 0 Å². The zero-order valence-corrected chi connectivity index (χ0v) is 19.0. The van der Waals surface area contributed by atoms with Crippen LogP contribution in [0.5, 0.6) is 11.5 Å².